The van der Waals surface area contributed by atoms with Crippen molar-refractivity contribution in [2.45, 2.75) is 37.5 Å². The summed E-state index contributed by atoms with van der Waals surface area (Å²) in [7, 11) is 0. The molecular formula is C34H29Cl. The molecule has 172 valence electrons. The van der Waals surface area contributed by atoms with Crippen LogP contribution in [0.15, 0.2) is 91.0 Å². The molecule has 4 bridgehead atoms. The van der Waals surface area contributed by atoms with E-state index in [4.69, 9.17) is 11.6 Å². The van der Waals surface area contributed by atoms with Gasteiger partial charge in [-0.2, -0.15) is 0 Å². The Balaban J connectivity index is 1.46. The van der Waals surface area contributed by atoms with Crippen molar-refractivity contribution < 1.29 is 0 Å². The highest BCUT2D eigenvalue weighted by Crippen LogP contribution is 2.69. The lowest BCUT2D eigenvalue weighted by molar-refractivity contribution is -0.0399. The third-order valence-electron chi connectivity index (χ3n) is 9.94. The molecule has 5 aliphatic carbocycles. The van der Waals surface area contributed by atoms with E-state index in [1.54, 1.807) is 11.1 Å². The second-order valence-corrected chi connectivity index (χ2v) is 11.9. The highest BCUT2D eigenvalue weighted by molar-refractivity contribution is 6.33. The van der Waals surface area contributed by atoms with Crippen LogP contribution < -0.4 is 0 Å². The number of benzene rings is 4. The fraction of sp³-hybridized carbons (Fsp3) is 0.294. The summed E-state index contributed by atoms with van der Waals surface area (Å²) in [5.74, 6) is 3.46. The largest absolute Gasteiger partial charge is 0.0837 e. The standard InChI is InChI=1S/C34H29Cl/c35-33-13-7-5-11-27(33)29-19-30-26-10-4-6-12-31(26)34(24-15-21-14-22(17-24)18-25(34)16-21)32(30)20-28(29)23-8-2-1-3-9-23/h1-13,19-22,24-25H,14-18H2. The maximum Gasteiger partial charge on any atom is 0.0484 e. The first-order valence-corrected chi connectivity index (χ1v) is 13.7. The van der Waals surface area contributed by atoms with Crippen molar-refractivity contribution in [3.8, 4) is 33.4 Å². The van der Waals surface area contributed by atoms with E-state index in [9.17, 15) is 0 Å². The summed E-state index contributed by atoms with van der Waals surface area (Å²) in [4.78, 5) is 0. The second-order valence-electron chi connectivity index (χ2n) is 11.5. The smallest absolute Gasteiger partial charge is 0.0484 e. The molecule has 0 radical (unpaired) electrons. The molecule has 0 unspecified atom stereocenters. The minimum Gasteiger partial charge on any atom is -0.0837 e. The number of hydrogen-bond acceptors (Lipinski definition) is 0. The van der Waals surface area contributed by atoms with Crippen molar-refractivity contribution in [1.82, 2.24) is 0 Å². The van der Waals surface area contributed by atoms with Gasteiger partial charge in [0.2, 0.25) is 0 Å². The first-order valence-electron chi connectivity index (χ1n) is 13.3. The van der Waals surface area contributed by atoms with E-state index >= 15 is 0 Å². The number of fused-ring (bicyclic) bond motifs is 3. The fourth-order valence-electron chi connectivity index (χ4n) is 8.95. The molecule has 0 amide bonds. The Labute approximate surface area is 213 Å². The zero-order chi connectivity index (χ0) is 23.1. The van der Waals surface area contributed by atoms with E-state index in [1.165, 1.54) is 59.9 Å². The van der Waals surface area contributed by atoms with Gasteiger partial charge in [0.25, 0.3) is 0 Å². The topological polar surface area (TPSA) is 0 Å². The van der Waals surface area contributed by atoms with Gasteiger partial charge in [-0.25, -0.2) is 0 Å². The van der Waals surface area contributed by atoms with E-state index in [0.717, 1.165) is 34.3 Å². The van der Waals surface area contributed by atoms with Gasteiger partial charge in [0.15, 0.2) is 0 Å². The fourth-order valence-corrected chi connectivity index (χ4v) is 9.19. The molecule has 0 nitrogen and oxygen atoms in total. The third-order valence-corrected chi connectivity index (χ3v) is 10.3. The van der Waals surface area contributed by atoms with Gasteiger partial charge >= 0.3 is 0 Å². The van der Waals surface area contributed by atoms with Crippen LogP contribution in [0, 0.1) is 23.7 Å². The van der Waals surface area contributed by atoms with Crippen LogP contribution in [0.25, 0.3) is 33.4 Å². The molecule has 0 N–H and O–H groups in total. The van der Waals surface area contributed by atoms with E-state index in [1.807, 2.05) is 12.1 Å². The predicted octanol–water partition coefficient (Wildman–Crippen LogP) is 9.40. The van der Waals surface area contributed by atoms with E-state index < -0.39 is 0 Å². The summed E-state index contributed by atoms with van der Waals surface area (Å²) >= 11 is 6.81. The number of rotatable bonds is 2. The SMILES string of the molecule is Clc1ccccc1-c1cc2c(cc1-c1ccccc1)C1(c3ccccc3-2)C2CC3CC(C2)CC1C3. The quantitative estimate of drug-likeness (QED) is 0.272. The summed E-state index contributed by atoms with van der Waals surface area (Å²) in [6.07, 6.45) is 7.13. The van der Waals surface area contributed by atoms with Crippen molar-refractivity contribution in [1.29, 1.82) is 0 Å². The normalized spacial score (nSPS) is 29.4. The van der Waals surface area contributed by atoms with Crippen LogP contribution in [-0.4, -0.2) is 0 Å². The second kappa shape index (κ2) is 7.34. The minimum atomic E-state index is 0.182. The molecule has 5 aliphatic rings. The average molecular weight is 473 g/mol. The van der Waals surface area contributed by atoms with Gasteiger partial charge in [-0.05, 0) is 113 Å². The van der Waals surface area contributed by atoms with Gasteiger partial charge in [0.05, 0.1) is 0 Å². The van der Waals surface area contributed by atoms with Gasteiger partial charge < -0.3 is 0 Å². The van der Waals surface area contributed by atoms with Crippen LogP contribution >= 0.6 is 11.6 Å². The van der Waals surface area contributed by atoms with Gasteiger partial charge in [-0.3, -0.25) is 0 Å². The first-order chi connectivity index (χ1) is 17.2. The van der Waals surface area contributed by atoms with Crippen molar-refractivity contribution in [2.75, 3.05) is 0 Å². The van der Waals surface area contributed by atoms with Crippen LogP contribution in [0.3, 0.4) is 0 Å². The highest BCUT2D eigenvalue weighted by atomic mass is 35.5. The highest BCUT2D eigenvalue weighted by Gasteiger charge is 2.61. The summed E-state index contributed by atoms with van der Waals surface area (Å²) in [6.45, 7) is 0. The molecule has 4 saturated carbocycles. The molecule has 9 rings (SSSR count). The zero-order valence-electron chi connectivity index (χ0n) is 19.9. The number of halogens is 1. The number of hydrogen-bond donors (Lipinski definition) is 0. The molecule has 0 atom stereocenters. The summed E-state index contributed by atoms with van der Waals surface area (Å²) in [5, 5.41) is 0.820. The zero-order valence-corrected chi connectivity index (χ0v) is 20.6. The van der Waals surface area contributed by atoms with Gasteiger partial charge in [-0.1, -0.05) is 84.4 Å². The minimum absolute atomic E-state index is 0.182. The Bertz CT molecular complexity index is 1440. The van der Waals surface area contributed by atoms with Gasteiger partial charge in [-0.15, -0.1) is 0 Å². The van der Waals surface area contributed by atoms with Crippen LogP contribution in [0.1, 0.15) is 43.2 Å². The lowest BCUT2D eigenvalue weighted by Gasteiger charge is -2.61. The molecule has 35 heavy (non-hydrogen) atoms. The summed E-state index contributed by atoms with van der Waals surface area (Å²) in [6, 6.07) is 33.7. The maximum absolute atomic E-state index is 6.81. The Morgan fingerprint density at radius 1 is 0.514 bits per heavy atom. The van der Waals surface area contributed by atoms with Crippen molar-refractivity contribution in [2.24, 2.45) is 23.7 Å². The Hall–Kier alpha value is -2.83. The summed E-state index contributed by atoms with van der Waals surface area (Å²) < 4.78 is 0. The molecule has 4 fully saturated rings. The van der Waals surface area contributed by atoms with Crippen molar-refractivity contribution in [3.63, 3.8) is 0 Å². The molecule has 0 heterocycles. The molecule has 0 aliphatic heterocycles. The Morgan fingerprint density at radius 3 is 1.86 bits per heavy atom. The molecule has 1 heteroatoms. The van der Waals surface area contributed by atoms with Gasteiger partial charge in [0.1, 0.15) is 0 Å². The maximum atomic E-state index is 6.81. The van der Waals surface area contributed by atoms with E-state index in [2.05, 4.69) is 78.9 Å². The first kappa shape index (κ1) is 20.4. The molecule has 1 spiro atoms. The Kier molecular flexibility index (Phi) is 4.27. The van der Waals surface area contributed by atoms with Crippen LogP contribution in [0.2, 0.25) is 5.02 Å². The molecule has 4 aromatic rings. The Morgan fingerprint density at radius 2 is 1.14 bits per heavy atom. The van der Waals surface area contributed by atoms with Crippen LogP contribution in [0.5, 0.6) is 0 Å². The lowest BCUT2D eigenvalue weighted by atomic mass is 9.43. The van der Waals surface area contributed by atoms with E-state index in [0.29, 0.717) is 0 Å². The van der Waals surface area contributed by atoms with Crippen molar-refractivity contribution >= 4 is 11.6 Å². The third kappa shape index (κ3) is 2.70. The average Bonchev–Trinajstić information content (AvgIpc) is 3.17. The summed E-state index contributed by atoms with van der Waals surface area (Å²) in [5.41, 5.74) is 11.3. The molecule has 0 saturated heterocycles. The lowest BCUT2D eigenvalue weighted by Crippen LogP contribution is -2.55. The van der Waals surface area contributed by atoms with Gasteiger partial charge in [0, 0.05) is 16.0 Å². The van der Waals surface area contributed by atoms with E-state index in [-0.39, 0.29) is 5.41 Å². The van der Waals surface area contributed by atoms with Crippen molar-refractivity contribution in [3.05, 3.63) is 107 Å². The van der Waals surface area contributed by atoms with Crippen LogP contribution in [-0.2, 0) is 5.41 Å². The van der Waals surface area contributed by atoms with Crippen LogP contribution in [0.4, 0.5) is 0 Å². The molecule has 4 aromatic carbocycles. The predicted molar refractivity (Wildman–Crippen MR) is 146 cm³/mol. The molecule has 0 aromatic heterocycles. The monoisotopic (exact) mass is 472 g/mol. The molecular weight excluding hydrogens is 444 g/mol.